The van der Waals surface area contributed by atoms with Crippen molar-refractivity contribution in [2.24, 2.45) is 0 Å². The zero-order valence-electron chi connectivity index (χ0n) is 15.0. The van der Waals surface area contributed by atoms with E-state index in [1.165, 1.54) is 12.1 Å². The van der Waals surface area contributed by atoms with Gasteiger partial charge in [0.25, 0.3) is 5.78 Å². The number of hydrogen-bond acceptors (Lipinski definition) is 5. The molecule has 2 heterocycles. The van der Waals surface area contributed by atoms with Gasteiger partial charge in [0.1, 0.15) is 5.82 Å². The molecule has 1 amide bonds. The topological polar surface area (TPSA) is 89.4 Å². The fourth-order valence-electron chi connectivity index (χ4n) is 3.01. The molecule has 0 aliphatic heterocycles. The molecule has 0 spiro atoms. The van der Waals surface area contributed by atoms with Crippen LogP contribution in [0.25, 0.3) is 5.78 Å². The quantitative estimate of drug-likeness (QED) is 0.756. The summed E-state index contributed by atoms with van der Waals surface area (Å²) in [5.74, 6) is 0.297. The van der Waals surface area contributed by atoms with Crippen molar-refractivity contribution < 1.29 is 9.18 Å². The second kappa shape index (κ2) is 7.07. The Kier molecular flexibility index (Phi) is 4.83. The lowest BCUT2D eigenvalue weighted by Gasteiger charge is -2.18. The van der Waals surface area contributed by atoms with Crippen molar-refractivity contribution in [3.05, 3.63) is 52.6 Å². The molecule has 0 aliphatic rings. The molecule has 0 radical (unpaired) electrons. The van der Waals surface area contributed by atoms with Gasteiger partial charge in [-0.05, 0) is 43.5 Å². The average molecular weight is 356 g/mol. The molecule has 0 aliphatic carbocycles. The van der Waals surface area contributed by atoms with Gasteiger partial charge in [-0.25, -0.2) is 9.37 Å². The number of nitrogen functional groups attached to an aromatic ring is 1. The highest BCUT2D eigenvalue weighted by Gasteiger charge is 2.15. The van der Waals surface area contributed by atoms with Crippen LogP contribution in [-0.4, -0.2) is 37.4 Å². The van der Waals surface area contributed by atoms with Gasteiger partial charge in [0.05, 0.1) is 0 Å². The minimum Gasteiger partial charge on any atom is -0.366 e. The lowest BCUT2D eigenvalue weighted by Crippen LogP contribution is -2.26. The lowest BCUT2D eigenvalue weighted by atomic mass is 10.1. The molecular weight excluding hydrogens is 335 g/mol. The number of halogens is 1. The summed E-state index contributed by atoms with van der Waals surface area (Å²) in [6.07, 6.45) is 0.859. The summed E-state index contributed by atoms with van der Waals surface area (Å²) in [5.41, 5.74) is 9.03. The van der Waals surface area contributed by atoms with Gasteiger partial charge in [-0.15, -0.1) is 5.10 Å². The zero-order chi connectivity index (χ0) is 18.8. The van der Waals surface area contributed by atoms with Crippen LogP contribution in [0.5, 0.6) is 0 Å². The number of carbonyl (C=O) groups excluding carboxylic acids is 1. The first-order valence-corrected chi connectivity index (χ1v) is 8.32. The van der Waals surface area contributed by atoms with Gasteiger partial charge in [-0.3, -0.25) is 4.79 Å². The van der Waals surface area contributed by atoms with Crippen LogP contribution in [-0.2, 0) is 17.8 Å². The standard InChI is InChI=1S/C18H21FN6O/c1-11-15(12(2)25-18(21-11)22-17(20)23-25)7-8-16(26)24(3)10-13-5-4-6-14(19)9-13/h4-6,9H,7-8,10H2,1-3H3,(H2,20,23). The van der Waals surface area contributed by atoms with Crippen LogP contribution >= 0.6 is 0 Å². The highest BCUT2D eigenvalue weighted by atomic mass is 19.1. The maximum atomic E-state index is 13.3. The van der Waals surface area contributed by atoms with E-state index in [0.717, 1.165) is 22.5 Å². The first kappa shape index (κ1) is 17.8. The number of carbonyl (C=O) groups is 1. The smallest absolute Gasteiger partial charge is 0.254 e. The zero-order valence-corrected chi connectivity index (χ0v) is 15.0. The van der Waals surface area contributed by atoms with Crippen molar-refractivity contribution in [2.45, 2.75) is 33.2 Å². The highest BCUT2D eigenvalue weighted by molar-refractivity contribution is 5.76. The van der Waals surface area contributed by atoms with E-state index in [2.05, 4.69) is 15.1 Å². The summed E-state index contributed by atoms with van der Waals surface area (Å²) < 4.78 is 14.9. The number of aromatic nitrogens is 4. The fraction of sp³-hybridized carbons (Fsp3) is 0.333. The fourth-order valence-corrected chi connectivity index (χ4v) is 3.01. The maximum Gasteiger partial charge on any atom is 0.254 e. The van der Waals surface area contributed by atoms with Crippen LogP contribution in [0.2, 0.25) is 0 Å². The van der Waals surface area contributed by atoms with Crippen molar-refractivity contribution in [2.75, 3.05) is 12.8 Å². The molecule has 0 saturated heterocycles. The van der Waals surface area contributed by atoms with Crippen molar-refractivity contribution in [3.8, 4) is 0 Å². The first-order chi connectivity index (χ1) is 12.3. The number of anilines is 1. The molecular formula is C18H21FN6O. The second-order valence-electron chi connectivity index (χ2n) is 6.32. The molecule has 136 valence electrons. The van der Waals surface area contributed by atoms with Gasteiger partial charge in [0.15, 0.2) is 0 Å². The number of aryl methyl sites for hydroxylation is 2. The molecule has 2 aromatic heterocycles. The summed E-state index contributed by atoms with van der Waals surface area (Å²) in [7, 11) is 1.71. The van der Waals surface area contributed by atoms with E-state index in [0.29, 0.717) is 25.2 Å². The van der Waals surface area contributed by atoms with E-state index in [-0.39, 0.29) is 17.7 Å². The predicted octanol–water partition coefficient (Wildman–Crippen LogP) is 2.05. The molecule has 0 fully saturated rings. The van der Waals surface area contributed by atoms with Gasteiger partial charge in [-0.2, -0.15) is 9.50 Å². The number of hydrogen-bond donors (Lipinski definition) is 1. The number of rotatable bonds is 5. The normalized spacial score (nSPS) is 11.1. The number of nitrogens with zero attached hydrogens (tertiary/aromatic N) is 5. The molecule has 0 saturated carbocycles. The van der Waals surface area contributed by atoms with Gasteiger partial charge in [-0.1, -0.05) is 12.1 Å². The van der Waals surface area contributed by atoms with Gasteiger partial charge >= 0.3 is 0 Å². The minimum absolute atomic E-state index is 0.0220. The molecule has 0 unspecified atom stereocenters. The summed E-state index contributed by atoms with van der Waals surface area (Å²) in [5, 5.41) is 4.13. The number of benzene rings is 1. The highest BCUT2D eigenvalue weighted by Crippen LogP contribution is 2.17. The van der Waals surface area contributed by atoms with E-state index in [1.807, 2.05) is 13.8 Å². The Morgan fingerprint density at radius 3 is 2.81 bits per heavy atom. The van der Waals surface area contributed by atoms with Gasteiger partial charge in [0.2, 0.25) is 11.9 Å². The molecule has 26 heavy (non-hydrogen) atoms. The number of nitrogens with two attached hydrogens (primary N) is 1. The summed E-state index contributed by atoms with van der Waals surface area (Å²) >= 11 is 0. The molecule has 3 aromatic rings. The first-order valence-electron chi connectivity index (χ1n) is 8.32. The van der Waals surface area contributed by atoms with Crippen LogP contribution in [0.3, 0.4) is 0 Å². The molecule has 1 aromatic carbocycles. The molecule has 8 heteroatoms. The Labute approximate surface area is 150 Å². The average Bonchev–Trinajstić information content (AvgIpc) is 2.94. The Morgan fingerprint density at radius 1 is 1.31 bits per heavy atom. The second-order valence-corrected chi connectivity index (χ2v) is 6.32. The Morgan fingerprint density at radius 2 is 2.08 bits per heavy atom. The van der Waals surface area contributed by atoms with E-state index in [1.54, 1.807) is 28.6 Å². The van der Waals surface area contributed by atoms with E-state index in [9.17, 15) is 9.18 Å². The minimum atomic E-state index is -0.305. The van der Waals surface area contributed by atoms with Crippen LogP contribution in [0.4, 0.5) is 10.3 Å². The van der Waals surface area contributed by atoms with E-state index >= 15 is 0 Å². The van der Waals surface area contributed by atoms with Crippen LogP contribution in [0.1, 0.15) is 28.9 Å². The van der Waals surface area contributed by atoms with Crippen molar-refractivity contribution in [3.63, 3.8) is 0 Å². The van der Waals surface area contributed by atoms with Crippen LogP contribution in [0, 0.1) is 19.7 Å². The van der Waals surface area contributed by atoms with Gasteiger partial charge < -0.3 is 10.6 Å². The Hall–Kier alpha value is -3.03. The predicted molar refractivity (Wildman–Crippen MR) is 95.9 cm³/mol. The largest absolute Gasteiger partial charge is 0.366 e. The van der Waals surface area contributed by atoms with Crippen molar-refractivity contribution >= 4 is 17.6 Å². The third-order valence-electron chi connectivity index (χ3n) is 4.39. The molecule has 0 atom stereocenters. The van der Waals surface area contributed by atoms with Crippen molar-refractivity contribution in [1.82, 2.24) is 24.5 Å². The number of fused-ring (bicyclic) bond motifs is 1. The summed E-state index contributed by atoms with van der Waals surface area (Å²) in [4.78, 5) is 22.5. The molecule has 3 rings (SSSR count). The van der Waals surface area contributed by atoms with Gasteiger partial charge in [0, 0.05) is 31.4 Å². The Balaban J connectivity index is 1.70. The molecule has 2 N–H and O–H groups in total. The third-order valence-corrected chi connectivity index (χ3v) is 4.39. The molecule has 7 nitrogen and oxygen atoms in total. The Bertz CT molecular complexity index is 968. The number of amides is 1. The van der Waals surface area contributed by atoms with E-state index < -0.39 is 0 Å². The monoisotopic (exact) mass is 356 g/mol. The SMILES string of the molecule is Cc1nc2nc(N)nn2c(C)c1CCC(=O)N(C)Cc1cccc(F)c1. The van der Waals surface area contributed by atoms with Crippen LogP contribution < -0.4 is 5.73 Å². The third kappa shape index (κ3) is 3.63. The lowest BCUT2D eigenvalue weighted by molar-refractivity contribution is -0.130. The summed E-state index contributed by atoms with van der Waals surface area (Å²) in [6.45, 7) is 4.16. The van der Waals surface area contributed by atoms with Crippen LogP contribution in [0.15, 0.2) is 24.3 Å². The molecule has 0 bridgehead atoms. The maximum absolute atomic E-state index is 13.3. The van der Waals surface area contributed by atoms with Crippen molar-refractivity contribution in [1.29, 1.82) is 0 Å². The summed E-state index contributed by atoms with van der Waals surface area (Å²) in [6, 6.07) is 6.26. The van der Waals surface area contributed by atoms with E-state index in [4.69, 9.17) is 5.73 Å².